The van der Waals surface area contributed by atoms with E-state index >= 15 is 0 Å². The lowest BCUT2D eigenvalue weighted by atomic mass is 9.52. The lowest BCUT2D eigenvalue weighted by Crippen LogP contribution is -2.74. The van der Waals surface area contributed by atoms with Crippen LogP contribution in [0, 0.1) is 23.7 Å². The largest absolute Gasteiger partial charge is 0.507 e. The predicted octanol–water partition coefficient (Wildman–Crippen LogP) is 1.88. The van der Waals surface area contributed by atoms with Crippen LogP contribution >= 0.6 is 0 Å². The molecule has 3 aliphatic rings. The van der Waals surface area contributed by atoms with Gasteiger partial charge in [-0.1, -0.05) is 18.2 Å². The van der Waals surface area contributed by atoms with E-state index in [4.69, 9.17) is 10.5 Å². The number of rotatable bonds is 4. The van der Waals surface area contributed by atoms with E-state index in [2.05, 4.69) is 5.32 Å². The fourth-order valence-corrected chi connectivity index (χ4v) is 7.03. The fraction of sp³-hybridized carbons (Fsp3) is 0.438. The molecule has 6 atom stereocenters. The molecule has 0 aliphatic heterocycles. The summed E-state index contributed by atoms with van der Waals surface area (Å²) in [6.07, 6.45) is -0.533. The number of benzene rings is 2. The molecule has 5 N–H and O–H groups in total. The van der Waals surface area contributed by atoms with Gasteiger partial charge in [0.25, 0.3) is 0 Å². The Hall–Kier alpha value is -4.42. The molecule has 0 aromatic heterocycles. The summed E-state index contributed by atoms with van der Waals surface area (Å²) >= 11 is 0. The van der Waals surface area contributed by atoms with Gasteiger partial charge >= 0.3 is 6.09 Å². The van der Waals surface area contributed by atoms with Crippen molar-refractivity contribution in [2.24, 2.45) is 29.4 Å². The molecule has 12 nitrogen and oxygen atoms in total. The number of nitrogens with one attached hydrogen (secondary N) is 1. The lowest BCUT2D eigenvalue weighted by Gasteiger charge is -2.52. The van der Waals surface area contributed by atoms with Crippen LogP contribution < -0.4 is 11.1 Å². The van der Waals surface area contributed by atoms with Gasteiger partial charge in [0.1, 0.15) is 11.4 Å². The quantitative estimate of drug-likeness (QED) is 0.374. The van der Waals surface area contributed by atoms with Crippen molar-refractivity contribution in [2.45, 2.75) is 50.9 Å². The van der Waals surface area contributed by atoms with E-state index in [1.807, 2.05) is 0 Å². The number of carbonyl (C=O) groups is 6. The Morgan fingerprint density at radius 2 is 1.66 bits per heavy atom. The number of nitrogens with two attached hydrogens (primary N) is 1. The highest BCUT2D eigenvalue weighted by Gasteiger charge is 2.69. The number of nitrogens with zero attached hydrogens (tertiary/aromatic N) is 1. The minimum Gasteiger partial charge on any atom is -0.507 e. The molecule has 2 unspecified atom stereocenters. The van der Waals surface area contributed by atoms with Gasteiger partial charge in [0, 0.05) is 11.6 Å². The highest BCUT2D eigenvalue weighted by atomic mass is 16.6. The van der Waals surface area contributed by atoms with Crippen LogP contribution in [0.4, 0.5) is 10.5 Å². The monoisotopic (exact) mass is 605 g/mol. The van der Waals surface area contributed by atoms with Crippen molar-refractivity contribution < 1.29 is 43.7 Å². The van der Waals surface area contributed by atoms with Gasteiger partial charge in [-0.15, -0.1) is 0 Å². The van der Waals surface area contributed by atoms with Crippen molar-refractivity contribution in [3.05, 3.63) is 47.5 Å². The van der Waals surface area contributed by atoms with Gasteiger partial charge in [0.15, 0.2) is 34.7 Å². The molecule has 2 fully saturated rings. The van der Waals surface area contributed by atoms with Crippen molar-refractivity contribution in [1.82, 2.24) is 4.90 Å². The summed E-state index contributed by atoms with van der Waals surface area (Å²) in [5, 5.41) is 25.1. The minimum atomic E-state index is -2.78. The summed E-state index contributed by atoms with van der Waals surface area (Å²) in [4.78, 5) is 80.3. The topological polar surface area (TPSA) is 193 Å². The van der Waals surface area contributed by atoms with Gasteiger partial charge in [-0.3, -0.25) is 34.2 Å². The van der Waals surface area contributed by atoms with Crippen LogP contribution in [0.25, 0.3) is 11.1 Å². The Morgan fingerprint density at radius 3 is 2.23 bits per heavy atom. The number of ketones is 4. The van der Waals surface area contributed by atoms with E-state index in [9.17, 15) is 39.0 Å². The first-order valence-electron chi connectivity index (χ1n) is 14.3. The van der Waals surface area contributed by atoms with Crippen LogP contribution in [-0.2, 0) is 30.3 Å². The number of aromatic hydroxyl groups is 1. The number of primary amides is 1. The van der Waals surface area contributed by atoms with E-state index in [0.717, 1.165) is 0 Å². The smallest absolute Gasteiger partial charge is 0.412 e. The number of ether oxygens (including phenoxy) is 1. The molecule has 2 aromatic rings. The number of amides is 2. The molecule has 0 saturated heterocycles. The fourth-order valence-electron chi connectivity index (χ4n) is 7.03. The molecule has 44 heavy (non-hydrogen) atoms. The van der Waals surface area contributed by atoms with Crippen LogP contribution in [-0.4, -0.2) is 81.6 Å². The molecule has 5 rings (SSSR count). The highest BCUT2D eigenvalue weighted by Crippen LogP contribution is 2.51. The molecule has 232 valence electrons. The summed E-state index contributed by atoms with van der Waals surface area (Å²) in [5.41, 5.74) is 4.04. The van der Waals surface area contributed by atoms with Gasteiger partial charge in [0.2, 0.25) is 5.91 Å². The number of anilines is 1. The maximum Gasteiger partial charge on any atom is 0.412 e. The summed E-state index contributed by atoms with van der Waals surface area (Å²) in [5.74, 6) is -11.0. The first-order valence-corrected chi connectivity index (χ1v) is 14.3. The second kappa shape index (κ2) is 10.6. The molecule has 2 amide bonds. The minimum absolute atomic E-state index is 0.0439. The zero-order valence-electron chi connectivity index (χ0n) is 25.0. The molecule has 0 spiro atoms. The molecule has 2 saturated carbocycles. The van der Waals surface area contributed by atoms with E-state index in [1.54, 1.807) is 51.1 Å². The normalized spacial score (nSPS) is 28.2. The number of fused-ring (bicyclic) bond motifs is 3. The average Bonchev–Trinajstić information content (AvgIpc) is 2.90. The van der Waals surface area contributed by atoms with E-state index in [-0.39, 0.29) is 24.2 Å². The summed E-state index contributed by atoms with van der Waals surface area (Å²) in [6, 6.07) is 8.58. The molecular formula is C32H35N3O9. The lowest BCUT2D eigenvalue weighted by molar-refractivity contribution is -0.181. The average molecular weight is 606 g/mol. The number of hydrogen-bond donors (Lipinski definition) is 4. The molecule has 0 heterocycles. The van der Waals surface area contributed by atoms with Gasteiger partial charge in [0.05, 0.1) is 17.5 Å². The molecule has 12 heteroatoms. The Balaban J connectivity index is 1.53. The number of phenols is 1. The molecule has 0 radical (unpaired) electrons. The Bertz CT molecular complexity index is 1610. The van der Waals surface area contributed by atoms with E-state index in [0.29, 0.717) is 22.4 Å². The SMILES string of the molecule is CN(C)[C@@H]1C(=O)C(C(N)=O)C(=O)[C@@]2(O)C(=O)C3C(=O)c4c(O)ccc(-c5ccc(NC(=O)OC(C)(C)C)cc5)c4C[C@H]3C[C@@H]12. The third-order valence-corrected chi connectivity index (χ3v) is 8.79. The molecule has 2 aromatic carbocycles. The Labute approximate surface area is 253 Å². The van der Waals surface area contributed by atoms with Crippen molar-refractivity contribution in [3.8, 4) is 16.9 Å². The predicted molar refractivity (Wildman–Crippen MR) is 157 cm³/mol. The van der Waals surface area contributed by atoms with Crippen molar-refractivity contribution >= 4 is 40.8 Å². The second-order valence-electron chi connectivity index (χ2n) is 13.0. The van der Waals surface area contributed by atoms with Gasteiger partial charge in [-0.25, -0.2) is 4.79 Å². The maximum absolute atomic E-state index is 14.0. The van der Waals surface area contributed by atoms with E-state index < -0.39 is 76.0 Å². The Kier molecular flexibility index (Phi) is 7.50. The maximum atomic E-state index is 14.0. The zero-order chi connectivity index (χ0) is 32.5. The summed E-state index contributed by atoms with van der Waals surface area (Å²) < 4.78 is 5.28. The number of aliphatic hydroxyl groups is 1. The van der Waals surface area contributed by atoms with E-state index in [1.165, 1.54) is 25.1 Å². The third-order valence-electron chi connectivity index (χ3n) is 8.79. The van der Waals surface area contributed by atoms with Gasteiger partial charge in [-0.2, -0.15) is 0 Å². The van der Waals surface area contributed by atoms with Gasteiger partial charge in [-0.05, 0) is 88.5 Å². The van der Waals surface area contributed by atoms with Crippen molar-refractivity contribution in [3.63, 3.8) is 0 Å². The zero-order valence-corrected chi connectivity index (χ0v) is 25.0. The van der Waals surface area contributed by atoms with Crippen molar-refractivity contribution in [1.29, 1.82) is 0 Å². The van der Waals surface area contributed by atoms with Crippen LogP contribution in [0.2, 0.25) is 0 Å². The number of Topliss-reactive ketones (excluding diaryl/α,β-unsaturated/α-hetero) is 4. The highest BCUT2D eigenvalue weighted by molar-refractivity contribution is 6.32. The van der Waals surface area contributed by atoms with Crippen LogP contribution in [0.5, 0.6) is 5.75 Å². The first-order chi connectivity index (χ1) is 20.5. The summed E-state index contributed by atoms with van der Waals surface area (Å²) in [7, 11) is 3.07. The molecular weight excluding hydrogens is 570 g/mol. The molecule has 3 aliphatic carbocycles. The van der Waals surface area contributed by atoms with Crippen molar-refractivity contribution in [2.75, 3.05) is 19.4 Å². The molecule has 0 bridgehead atoms. The first kappa shape index (κ1) is 31.0. The number of carbonyl (C=O) groups excluding carboxylic acids is 6. The van der Waals surface area contributed by atoms with Crippen LogP contribution in [0.1, 0.15) is 43.1 Å². The number of phenolic OH excluding ortho intramolecular Hbond substituents is 1. The summed E-state index contributed by atoms with van der Waals surface area (Å²) in [6.45, 7) is 5.25. The third kappa shape index (κ3) is 4.87. The number of likely N-dealkylation sites (N-methyl/N-ethyl adjacent to an activating group) is 1. The van der Waals surface area contributed by atoms with Gasteiger partial charge < -0.3 is 20.7 Å². The second-order valence-corrected chi connectivity index (χ2v) is 13.0. The Morgan fingerprint density at radius 1 is 1.02 bits per heavy atom. The number of hydrogen-bond acceptors (Lipinski definition) is 10. The van der Waals surface area contributed by atoms with Crippen LogP contribution in [0.15, 0.2) is 36.4 Å². The standard InChI is InChI=1S/C32H35N3O9/c1-31(2,3)44-30(42)34-16-8-6-14(7-9-16)17-10-11-20(36)22-18(17)12-15-13-19-24(35(4)5)26(38)23(29(33)41)28(40)32(19,43)27(39)21(15)25(22)37/h6-11,15,19,21,23-24,36,43H,12-13H2,1-5H3,(H2,33,41)(H,34,42)/t15-,19-,21?,23?,24-,32-/m0/s1. The van der Waals surface area contributed by atoms with Crippen LogP contribution in [0.3, 0.4) is 0 Å².